The molecule has 1 aliphatic rings. The van der Waals surface area contributed by atoms with Crippen molar-refractivity contribution in [3.8, 4) is 5.75 Å². The second-order valence-corrected chi connectivity index (χ2v) is 4.98. The first-order valence-electron chi connectivity index (χ1n) is 6.55. The molecule has 0 saturated heterocycles. The van der Waals surface area contributed by atoms with Gasteiger partial charge in [0.2, 0.25) is 5.91 Å². The van der Waals surface area contributed by atoms with Gasteiger partial charge in [0.1, 0.15) is 5.75 Å². The molecule has 0 aliphatic heterocycles. The van der Waals surface area contributed by atoms with Crippen molar-refractivity contribution in [2.75, 3.05) is 0 Å². The van der Waals surface area contributed by atoms with E-state index in [9.17, 15) is 9.59 Å². The lowest BCUT2D eigenvalue weighted by molar-refractivity contribution is -0.141. The molecule has 2 atom stereocenters. The molecule has 5 nitrogen and oxygen atoms in total. The van der Waals surface area contributed by atoms with Crippen LogP contribution in [0.4, 0.5) is 0 Å². The van der Waals surface area contributed by atoms with Crippen LogP contribution in [0.1, 0.15) is 24.8 Å². The Bertz CT molecular complexity index is 521. The first-order chi connectivity index (χ1) is 9.54. The lowest BCUT2D eigenvalue weighted by Crippen LogP contribution is -2.31. The SMILES string of the molecule is O=C(C=Cc1ccc(O)cc1)NC1CCC(C(=O)O)C1. The van der Waals surface area contributed by atoms with Crippen molar-refractivity contribution in [3.05, 3.63) is 35.9 Å². The Morgan fingerprint density at radius 3 is 2.50 bits per heavy atom. The summed E-state index contributed by atoms with van der Waals surface area (Å²) in [7, 11) is 0. The Hall–Kier alpha value is -2.30. The highest BCUT2D eigenvalue weighted by atomic mass is 16.4. The van der Waals surface area contributed by atoms with Crippen LogP contribution in [0.25, 0.3) is 6.08 Å². The van der Waals surface area contributed by atoms with Crippen molar-refractivity contribution in [2.45, 2.75) is 25.3 Å². The monoisotopic (exact) mass is 275 g/mol. The zero-order valence-electron chi connectivity index (χ0n) is 11.0. The van der Waals surface area contributed by atoms with Crippen LogP contribution in [0.2, 0.25) is 0 Å². The van der Waals surface area contributed by atoms with Gasteiger partial charge in [0.15, 0.2) is 0 Å². The van der Waals surface area contributed by atoms with Crippen LogP contribution in [0.5, 0.6) is 5.75 Å². The molecule has 2 unspecified atom stereocenters. The van der Waals surface area contributed by atoms with Gasteiger partial charge in [-0.2, -0.15) is 0 Å². The van der Waals surface area contributed by atoms with Crippen LogP contribution in [-0.4, -0.2) is 28.1 Å². The summed E-state index contributed by atoms with van der Waals surface area (Å²) >= 11 is 0. The van der Waals surface area contributed by atoms with E-state index in [1.165, 1.54) is 6.08 Å². The number of hydrogen-bond donors (Lipinski definition) is 3. The first kappa shape index (κ1) is 14.1. The fourth-order valence-corrected chi connectivity index (χ4v) is 2.34. The lowest BCUT2D eigenvalue weighted by Gasteiger charge is -2.10. The highest BCUT2D eigenvalue weighted by molar-refractivity contribution is 5.92. The largest absolute Gasteiger partial charge is 0.508 e. The number of carboxylic acids is 1. The molecule has 1 aliphatic carbocycles. The highest BCUT2D eigenvalue weighted by Crippen LogP contribution is 2.25. The quantitative estimate of drug-likeness (QED) is 0.731. The fraction of sp³-hybridized carbons (Fsp3) is 0.333. The minimum atomic E-state index is -0.790. The normalized spacial score (nSPS) is 22.0. The van der Waals surface area contributed by atoms with Crippen molar-refractivity contribution >= 4 is 18.0 Å². The number of phenols is 1. The summed E-state index contributed by atoms with van der Waals surface area (Å²) in [6, 6.07) is 6.44. The molecule has 0 bridgehead atoms. The molecule has 0 radical (unpaired) electrons. The average Bonchev–Trinajstić information content (AvgIpc) is 2.87. The number of phenolic OH excluding ortho intramolecular Hbond substituents is 1. The molecule has 0 heterocycles. The van der Waals surface area contributed by atoms with E-state index < -0.39 is 5.97 Å². The summed E-state index contributed by atoms with van der Waals surface area (Å²) in [4.78, 5) is 22.5. The third-order valence-corrected chi connectivity index (χ3v) is 3.45. The number of carbonyl (C=O) groups excluding carboxylic acids is 1. The van der Waals surface area contributed by atoms with Crippen molar-refractivity contribution < 1.29 is 19.8 Å². The molecule has 0 spiro atoms. The van der Waals surface area contributed by atoms with Crippen LogP contribution < -0.4 is 5.32 Å². The minimum absolute atomic E-state index is 0.0620. The molecule has 1 aromatic rings. The number of hydrogen-bond acceptors (Lipinski definition) is 3. The van der Waals surface area contributed by atoms with Gasteiger partial charge in [-0.05, 0) is 43.0 Å². The van der Waals surface area contributed by atoms with E-state index in [1.807, 2.05) is 0 Å². The molecule has 1 saturated carbocycles. The zero-order valence-corrected chi connectivity index (χ0v) is 11.0. The number of aromatic hydroxyl groups is 1. The van der Waals surface area contributed by atoms with Gasteiger partial charge in [-0.1, -0.05) is 12.1 Å². The second kappa shape index (κ2) is 6.23. The van der Waals surface area contributed by atoms with Gasteiger partial charge in [0.05, 0.1) is 5.92 Å². The predicted molar refractivity (Wildman–Crippen MR) is 74.0 cm³/mol. The van der Waals surface area contributed by atoms with Crippen LogP contribution in [0.15, 0.2) is 30.3 Å². The minimum Gasteiger partial charge on any atom is -0.508 e. The number of rotatable bonds is 4. The zero-order chi connectivity index (χ0) is 14.5. The molecular weight excluding hydrogens is 258 g/mol. The Morgan fingerprint density at radius 2 is 1.90 bits per heavy atom. The number of benzene rings is 1. The maximum Gasteiger partial charge on any atom is 0.306 e. The maximum atomic E-state index is 11.7. The predicted octanol–water partition coefficient (Wildman–Crippen LogP) is 1.77. The molecular formula is C15H17NO4. The Morgan fingerprint density at radius 1 is 1.20 bits per heavy atom. The van der Waals surface area contributed by atoms with Gasteiger partial charge >= 0.3 is 5.97 Å². The summed E-state index contributed by atoms with van der Waals surface area (Å²) < 4.78 is 0. The molecule has 2 rings (SSSR count). The van der Waals surface area contributed by atoms with E-state index in [0.29, 0.717) is 19.3 Å². The summed E-state index contributed by atoms with van der Waals surface area (Å²) in [5, 5.41) is 20.8. The van der Waals surface area contributed by atoms with Gasteiger partial charge in [0, 0.05) is 12.1 Å². The van der Waals surface area contributed by atoms with E-state index in [2.05, 4.69) is 5.32 Å². The maximum absolute atomic E-state index is 11.7. The molecule has 1 fully saturated rings. The standard InChI is InChI=1S/C15H17NO4/c17-13-6-1-10(2-7-13)3-8-14(18)16-12-5-4-11(9-12)15(19)20/h1-3,6-8,11-12,17H,4-5,9H2,(H,16,18)(H,19,20). The van der Waals surface area contributed by atoms with Crippen molar-refractivity contribution in [1.82, 2.24) is 5.32 Å². The first-order valence-corrected chi connectivity index (χ1v) is 6.55. The van der Waals surface area contributed by atoms with Crippen molar-refractivity contribution in [1.29, 1.82) is 0 Å². The average molecular weight is 275 g/mol. The van der Waals surface area contributed by atoms with Gasteiger partial charge < -0.3 is 15.5 Å². The Kier molecular flexibility index (Phi) is 4.40. The Labute approximate surface area is 116 Å². The number of nitrogens with one attached hydrogen (secondary N) is 1. The third-order valence-electron chi connectivity index (χ3n) is 3.45. The van der Waals surface area contributed by atoms with Crippen molar-refractivity contribution in [3.63, 3.8) is 0 Å². The topological polar surface area (TPSA) is 86.6 Å². The number of amides is 1. The van der Waals surface area contributed by atoms with E-state index in [1.54, 1.807) is 30.3 Å². The van der Waals surface area contributed by atoms with Gasteiger partial charge in [-0.25, -0.2) is 0 Å². The number of carboxylic acid groups (broad SMARTS) is 1. The molecule has 3 N–H and O–H groups in total. The van der Waals surface area contributed by atoms with Gasteiger partial charge in [-0.15, -0.1) is 0 Å². The number of aliphatic carboxylic acids is 1. The summed E-state index contributed by atoms with van der Waals surface area (Å²) in [5.41, 5.74) is 0.813. The Balaban J connectivity index is 1.84. The van der Waals surface area contributed by atoms with Crippen LogP contribution in [-0.2, 0) is 9.59 Å². The van der Waals surface area contributed by atoms with E-state index in [4.69, 9.17) is 10.2 Å². The van der Waals surface area contributed by atoms with E-state index in [0.717, 1.165) is 5.56 Å². The summed E-state index contributed by atoms with van der Waals surface area (Å²) in [6.07, 6.45) is 4.88. The molecule has 20 heavy (non-hydrogen) atoms. The molecule has 5 heteroatoms. The summed E-state index contributed by atoms with van der Waals surface area (Å²) in [6.45, 7) is 0. The fourth-order valence-electron chi connectivity index (χ4n) is 2.34. The van der Waals surface area contributed by atoms with Gasteiger partial charge in [-0.3, -0.25) is 9.59 Å². The third kappa shape index (κ3) is 3.85. The van der Waals surface area contributed by atoms with E-state index >= 15 is 0 Å². The summed E-state index contributed by atoms with van der Waals surface area (Å²) in [5.74, 6) is -1.19. The van der Waals surface area contributed by atoms with Crippen molar-refractivity contribution in [2.24, 2.45) is 5.92 Å². The smallest absolute Gasteiger partial charge is 0.306 e. The molecule has 106 valence electrons. The molecule has 1 aromatic carbocycles. The van der Waals surface area contributed by atoms with E-state index in [-0.39, 0.29) is 23.6 Å². The molecule has 0 aromatic heterocycles. The van der Waals surface area contributed by atoms with Crippen LogP contribution >= 0.6 is 0 Å². The van der Waals surface area contributed by atoms with Gasteiger partial charge in [0.25, 0.3) is 0 Å². The van der Waals surface area contributed by atoms with Crippen LogP contribution in [0, 0.1) is 5.92 Å². The number of carbonyl (C=O) groups is 2. The molecule has 1 amide bonds. The second-order valence-electron chi connectivity index (χ2n) is 4.98. The lowest BCUT2D eigenvalue weighted by atomic mass is 10.1. The highest BCUT2D eigenvalue weighted by Gasteiger charge is 2.30. The van der Waals surface area contributed by atoms with Crippen LogP contribution in [0.3, 0.4) is 0 Å².